The van der Waals surface area contributed by atoms with Gasteiger partial charge >= 0.3 is 0 Å². The highest BCUT2D eigenvalue weighted by molar-refractivity contribution is 7.81. The van der Waals surface area contributed by atoms with Gasteiger partial charge < -0.3 is 24.8 Å². The van der Waals surface area contributed by atoms with Crippen molar-refractivity contribution >= 4 is 86.8 Å². The van der Waals surface area contributed by atoms with E-state index in [1.165, 1.54) is 47.4 Å². The van der Waals surface area contributed by atoms with Crippen LogP contribution in [-0.4, -0.2) is 56.0 Å². The third-order valence-electron chi connectivity index (χ3n) is 11.1. The Morgan fingerprint density at radius 2 is 1.14 bits per heavy atom. The molecule has 4 aromatic rings. The predicted molar refractivity (Wildman–Crippen MR) is 226 cm³/mol. The van der Waals surface area contributed by atoms with Crippen molar-refractivity contribution in [1.29, 1.82) is 0 Å². The number of pyridine rings is 2. The number of rotatable bonds is 5. The lowest BCUT2D eigenvalue weighted by molar-refractivity contribution is -0.124. The molecule has 296 valence electrons. The van der Waals surface area contributed by atoms with Crippen LogP contribution in [0.1, 0.15) is 73.0 Å². The summed E-state index contributed by atoms with van der Waals surface area (Å²) in [5, 5.41) is 2.94. The molecular formula is C42H39F2N9O3S2. The number of nitrogens with one attached hydrogen (secondary N) is 1. The molecule has 2 aliphatic carbocycles. The second kappa shape index (κ2) is 15.6. The second-order valence-corrected chi connectivity index (χ2v) is 15.1. The minimum absolute atomic E-state index is 0. The van der Waals surface area contributed by atoms with Gasteiger partial charge in [0, 0.05) is 18.4 Å². The maximum atomic E-state index is 14.6. The minimum atomic E-state index is -0.871. The smallest absolute Gasteiger partial charge is 0.272 e. The van der Waals surface area contributed by atoms with Crippen LogP contribution < -0.4 is 24.9 Å². The highest BCUT2D eigenvalue weighted by Gasteiger charge is 2.61. The normalized spacial score (nSPS) is 17.2. The number of carbonyl (C=O) groups is 3. The molecule has 4 fully saturated rings. The third kappa shape index (κ3) is 6.42. The van der Waals surface area contributed by atoms with Crippen molar-refractivity contribution < 1.29 is 23.2 Å². The van der Waals surface area contributed by atoms with Crippen molar-refractivity contribution in [3.63, 3.8) is 0 Å². The Morgan fingerprint density at radius 3 is 1.48 bits per heavy atom. The number of aryl methyl sites for hydroxylation is 3. The van der Waals surface area contributed by atoms with E-state index in [0.717, 1.165) is 12.8 Å². The molecule has 58 heavy (non-hydrogen) atoms. The van der Waals surface area contributed by atoms with Crippen LogP contribution in [0, 0.1) is 45.5 Å². The Hall–Kier alpha value is -6.23. The first-order chi connectivity index (χ1) is 27.2. The zero-order chi connectivity index (χ0) is 41.0. The van der Waals surface area contributed by atoms with Crippen molar-refractivity contribution in [2.24, 2.45) is 0 Å². The predicted octanol–water partition coefficient (Wildman–Crippen LogP) is 8.59. The van der Waals surface area contributed by atoms with Crippen molar-refractivity contribution in [3.05, 3.63) is 118 Å². The molecule has 12 nitrogen and oxygen atoms in total. The van der Waals surface area contributed by atoms with Crippen LogP contribution in [0.2, 0.25) is 0 Å². The molecule has 2 saturated carbocycles. The molecule has 0 bridgehead atoms. The van der Waals surface area contributed by atoms with Crippen LogP contribution in [0.5, 0.6) is 0 Å². The lowest BCUT2D eigenvalue weighted by Crippen LogP contribution is -2.55. The van der Waals surface area contributed by atoms with E-state index in [1.54, 1.807) is 60.9 Å². The Morgan fingerprint density at radius 1 is 0.707 bits per heavy atom. The van der Waals surface area contributed by atoms with Crippen LogP contribution in [0.4, 0.5) is 43.2 Å². The molecule has 2 spiro atoms. The molecule has 16 heteroatoms. The van der Waals surface area contributed by atoms with Gasteiger partial charge in [0.25, 0.3) is 29.4 Å². The molecule has 0 unspecified atom stereocenters. The molecule has 3 amide bonds. The van der Waals surface area contributed by atoms with E-state index in [9.17, 15) is 23.2 Å². The summed E-state index contributed by atoms with van der Waals surface area (Å²) in [6.07, 6.45) is 7.25. The molecule has 0 radical (unpaired) electrons. The summed E-state index contributed by atoms with van der Waals surface area (Å²) in [7, 11) is 1.43. The number of hydrogen-bond acceptors (Lipinski definition) is 7. The maximum Gasteiger partial charge on any atom is 0.272 e. The van der Waals surface area contributed by atoms with Gasteiger partial charge in [-0.25, -0.2) is 8.78 Å². The number of benzene rings is 2. The van der Waals surface area contributed by atoms with Crippen LogP contribution in [-0.2, 0) is 9.59 Å². The van der Waals surface area contributed by atoms with E-state index in [2.05, 4.69) is 25.0 Å². The standard InChI is InChI=1S/C21H18FN5O2S.C20H17FN4OS.CH4/c1-12-9-14(11-25-17(12)23-2)26-19(29)21(7-4-8-21)27(20(26)30)13-5-6-15(16(22)10-13)18(28)24-3;1-12-5-6-14(10-16(12)21)25-19(27)24(18(26)20(25)7-4-8-20)15-9-13(2)17(22-3)23-11-15;/h5-6,9-11H,4,7-8H2,1,3H3,(H,24,28);5-6,9-11H,4,7-8H2,1-2H3;1H4. The van der Waals surface area contributed by atoms with Crippen molar-refractivity contribution in [3.8, 4) is 0 Å². The fraction of sp³-hybridized carbons (Fsp3) is 0.310. The van der Waals surface area contributed by atoms with Gasteiger partial charge in [-0.2, -0.15) is 0 Å². The molecule has 2 aromatic carbocycles. The molecule has 2 aliphatic heterocycles. The van der Waals surface area contributed by atoms with Gasteiger partial charge in [0.1, 0.15) is 35.1 Å². The van der Waals surface area contributed by atoms with Crippen molar-refractivity contribution in [2.45, 2.75) is 77.8 Å². The summed E-state index contributed by atoms with van der Waals surface area (Å²) < 4.78 is 28.8. The van der Waals surface area contributed by atoms with Crippen LogP contribution in [0.3, 0.4) is 0 Å². The first kappa shape index (κ1) is 41.4. The van der Waals surface area contributed by atoms with Crippen LogP contribution in [0.15, 0.2) is 60.9 Å². The molecule has 4 aliphatic rings. The summed E-state index contributed by atoms with van der Waals surface area (Å²) in [6.45, 7) is 19.5. The molecule has 0 atom stereocenters. The molecule has 2 saturated heterocycles. The van der Waals surface area contributed by atoms with Gasteiger partial charge in [-0.05, 0) is 143 Å². The topological polar surface area (TPSA) is 111 Å². The number of carbonyl (C=O) groups excluding carboxylic acids is 3. The monoisotopic (exact) mass is 819 g/mol. The number of nitrogens with zero attached hydrogens (tertiary/aromatic N) is 8. The van der Waals surface area contributed by atoms with E-state index < -0.39 is 22.8 Å². The number of anilines is 4. The van der Waals surface area contributed by atoms with Crippen LogP contribution in [0.25, 0.3) is 9.69 Å². The lowest BCUT2D eigenvalue weighted by atomic mass is 9.75. The summed E-state index contributed by atoms with van der Waals surface area (Å²) in [5.74, 6) is -1.28. The van der Waals surface area contributed by atoms with Gasteiger partial charge in [-0.1, -0.05) is 26.6 Å². The van der Waals surface area contributed by atoms with Gasteiger partial charge in [0.15, 0.2) is 10.2 Å². The second-order valence-electron chi connectivity index (χ2n) is 14.4. The number of amides is 3. The summed E-state index contributed by atoms with van der Waals surface area (Å²) in [4.78, 5) is 59.9. The average molecular weight is 820 g/mol. The fourth-order valence-electron chi connectivity index (χ4n) is 7.68. The Labute approximate surface area is 346 Å². The van der Waals surface area contributed by atoms with Gasteiger partial charge in [-0.15, -0.1) is 9.97 Å². The summed E-state index contributed by atoms with van der Waals surface area (Å²) >= 11 is 11.3. The first-order valence-corrected chi connectivity index (χ1v) is 18.9. The molecule has 1 N–H and O–H groups in total. The van der Waals surface area contributed by atoms with E-state index in [4.69, 9.17) is 37.6 Å². The van der Waals surface area contributed by atoms with Gasteiger partial charge in [0.05, 0.1) is 16.9 Å². The van der Waals surface area contributed by atoms with Crippen molar-refractivity contribution in [2.75, 3.05) is 26.6 Å². The van der Waals surface area contributed by atoms with Crippen molar-refractivity contribution in [1.82, 2.24) is 15.3 Å². The van der Waals surface area contributed by atoms with Gasteiger partial charge in [-0.3, -0.25) is 24.2 Å². The van der Waals surface area contributed by atoms with E-state index in [0.29, 0.717) is 76.1 Å². The van der Waals surface area contributed by atoms with E-state index >= 15 is 0 Å². The molecular weight excluding hydrogens is 781 g/mol. The first-order valence-electron chi connectivity index (χ1n) is 18.1. The maximum absolute atomic E-state index is 14.6. The minimum Gasteiger partial charge on any atom is -0.360 e. The van der Waals surface area contributed by atoms with Gasteiger partial charge in [0.2, 0.25) is 0 Å². The Balaban J connectivity index is 0.000000193. The molecule has 4 heterocycles. The zero-order valence-corrected chi connectivity index (χ0v) is 33.0. The fourth-order valence-corrected chi connectivity index (χ4v) is 8.62. The molecule has 2 aromatic heterocycles. The molecule has 8 rings (SSSR count). The quantitative estimate of drug-likeness (QED) is 0.156. The number of thiocarbonyl (C=S) groups is 2. The lowest BCUT2D eigenvalue weighted by Gasteiger charge is -2.43. The summed E-state index contributed by atoms with van der Waals surface area (Å²) in [5.41, 5.74) is 2.18. The number of aromatic nitrogens is 2. The summed E-state index contributed by atoms with van der Waals surface area (Å²) in [6, 6.07) is 12.6. The Bertz CT molecular complexity index is 2510. The number of hydrogen-bond donors (Lipinski definition) is 1. The van der Waals surface area contributed by atoms with E-state index in [1.807, 2.05) is 0 Å². The van der Waals surface area contributed by atoms with E-state index in [-0.39, 0.29) is 41.6 Å². The van der Waals surface area contributed by atoms with Crippen LogP contribution >= 0.6 is 24.4 Å². The largest absolute Gasteiger partial charge is 0.360 e. The third-order valence-corrected chi connectivity index (χ3v) is 11.8. The number of halogens is 2. The SMILES string of the molecule is C.[C-]#[N+]c1ncc(N2C(=O)C3(CCC3)N(c3ccc(C(=O)NC)c(F)c3)C2=S)cc1C.[C-]#[N+]c1ncc(N2C(=O)C3(CCC3)N(c3ccc(C)c(F)c3)C2=S)cc1C. The Kier molecular flexibility index (Phi) is 11.1. The zero-order valence-electron chi connectivity index (χ0n) is 31.4. The highest BCUT2D eigenvalue weighted by atomic mass is 32.1. The average Bonchev–Trinajstić information content (AvgIpc) is 3.55. The highest BCUT2D eigenvalue weighted by Crippen LogP contribution is 2.49.